The summed E-state index contributed by atoms with van der Waals surface area (Å²) in [4.78, 5) is 70.6. The molecule has 0 radical (unpaired) electrons. The molecular weight excluding hydrogens is 630 g/mol. The van der Waals surface area contributed by atoms with E-state index in [2.05, 4.69) is 4.74 Å². The van der Waals surface area contributed by atoms with E-state index < -0.39 is 12.0 Å². The number of benzene rings is 2. The van der Waals surface area contributed by atoms with Crippen LogP contribution in [0.5, 0.6) is 0 Å². The lowest BCUT2D eigenvalue weighted by Gasteiger charge is -2.10. The van der Waals surface area contributed by atoms with Crippen LogP contribution in [0.4, 0.5) is 0 Å². The van der Waals surface area contributed by atoms with E-state index in [1.807, 2.05) is 31.2 Å². The lowest BCUT2D eigenvalue weighted by molar-refractivity contribution is -0.145. The molecule has 0 saturated heterocycles. The summed E-state index contributed by atoms with van der Waals surface area (Å²) in [5.74, 6) is -0.946. The molecule has 2 N–H and O–H groups in total. The average molecular weight is 670 g/mol. The second-order valence-corrected chi connectivity index (χ2v) is 11.0. The Morgan fingerprint density at radius 1 is 0.660 bits per heavy atom. The predicted octanol–water partition coefficient (Wildman–Crippen LogP) is 1.32. The van der Waals surface area contributed by atoms with E-state index in [1.54, 1.807) is 38.4 Å². The van der Waals surface area contributed by atoms with Crippen molar-refractivity contribution in [1.29, 1.82) is 0 Å². The van der Waals surface area contributed by atoms with Gasteiger partial charge in [0.2, 0.25) is 0 Å². The zero-order valence-corrected chi connectivity index (χ0v) is 28.2. The van der Waals surface area contributed by atoms with Gasteiger partial charge in [0, 0.05) is 40.6 Å². The number of aromatic nitrogens is 4. The Balaban J connectivity index is 0.000000320. The van der Waals surface area contributed by atoms with Gasteiger partial charge in [0.1, 0.15) is 6.04 Å². The molecule has 2 atom stereocenters. The molecule has 4 aromatic rings. The van der Waals surface area contributed by atoms with Gasteiger partial charge in [0.25, 0.3) is 11.1 Å². The van der Waals surface area contributed by atoms with E-state index in [1.165, 1.54) is 49.8 Å². The fourth-order valence-electron chi connectivity index (χ4n) is 4.78. The number of esters is 2. The zero-order valence-electron chi connectivity index (χ0n) is 27.4. The first-order valence-corrected chi connectivity index (χ1v) is 14.3. The maximum atomic E-state index is 12.2. The molecular formula is C33H40ClN5O8. The van der Waals surface area contributed by atoms with Crippen LogP contribution < -0.4 is 28.2 Å². The smallest absolute Gasteiger partial charge is 0.330 e. The topological polar surface area (TPSA) is 167 Å². The molecule has 2 unspecified atom stereocenters. The van der Waals surface area contributed by atoms with Crippen LogP contribution in [-0.4, -0.2) is 50.5 Å². The van der Waals surface area contributed by atoms with Gasteiger partial charge in [-0.1, -0.05) is 55.5 Å². The fraction of sp³-hybridized carbons (Fsp3) is 0.333. The summed E-state index contributed by atoms with van der Waals surface area (Å²) in [6.45, 7) is 1.81. The summed E-state index contributed by atoms with van der Waals surface area (Å²) >= 11 is 0. The van der Waals surface area contributed by atoms with Crippen LogP contribution in [0.15, 0.2) is 80.1 Å². The summed E-state index contributed by atoms with van der Waals surface area (Å²) in [5.41, 5.74) is 8.45. The number of rotatable bonds is 8. The Labute approximate surface area is 277 Å². The second-order valence-electron chi connectivity index (χ2n) is 11.0. The van der Waals surface area contributed by atoms with Gasteiger partial charge in [-0.25, -0.2) is 9.59 Å². The molecule has 47 heavy (non-hydrogen) atoms. The van der Waals surface area contributed by atoms with Crippen LogP contribution in [0, 0.1) is 5.92 Å². The number of halogens is 1. The van der Waals surface area contributed by atoms with Gasteiger partial charge < -0.3 is 24.3 Å². The molecule has 0 spiro atoms. The molecule has 2 heterocycles. The van der Waals surface area contributed by atoms with E-state index >= 15 is 0 Å². The van der Waals surface area contributed by atoms with Gasteiger partial charge in [-0.3, -0.25) is 28.3 Å². The molecule has 2 aromatic heterocycles. The highest BCUT2D eigenvalue weighted by Gasteiger charge is 2.16. The van der Waals surface area contributed by atoms with Crippen LogP contribution in [0.1, 0.15) is 18.1 Å². The first-order valence-electron chi connectivity index (χ1n) is 14.3. The number of methoxy groups -OCH3 is 2. The number of nitrogens with two attached hydrogens (primary N) is 1. The summed E-state index contributed by atoms with van der Waals surface area (Å²) in [6, 6.07) is 13.8. The lowest BCUT2D eigenvalue weighted by Crippen LogP contribution is -2.37. The van der Waals surface area contributed by atoms with Gasteiger partial charge in [0.05, 0.1) is 31.3 Å². The quantitative estimate of drug-likeness (QED) is 0.272. The standard InChI is InChI=1S/C17H20N2O4.C16H19N3O4.ClH/c1-11(16(21)23-4)9-12-5-7-13(8-6-12)14-10-18(2)17(22)19(3)15(14)20;1-18-9-12(14(20)19(2)16(18)22)11-6-4-10(5-7-11)8-13(17)15(21)23-3;/h5-8,10-11H,9H2,1-4H3;4-7,9,13H,8,17H2,1-3H3;1H. The number of hydrogen-bond donors (Lipinski definition) is 1. The third-order valence-electron chi connectivity index (χ3n) is 7.53. The Morgan fingerprint density at radius 2 is 1.02 bits per heavy atom. The first-order chi connectivity index (χ1) is 21.7. The van der Waals surface area contributed by atoms with Crippen LogP contribution in [0.25, 0.3) is 22.3 Å². The second kappa shape index (κ2) is 16.5. The van der Waals surface area contributed by atoms with Crippen molar-refractivity contribution in [3.8, 4) is 22.3 Å². The lowest BCUT2D eigenvalue weighted by atomic mass is 9.99. The molecule has 0 aliphatic heterocycles. The minimum atomic E-state index is -0.726. The normalized spacial score (nSPS) is 11.7. The Morgan fingerprint density at radius 3 is 1.38 bits per heavy atom. The van der Waals surface area contributed by atoms with Crippen molar-refractivity contribution in [2.24, 2.45) is 39.8 Å². The molecule has 0 saturated carbocycles. The highest BCUT2D eigenvalue weighted by Crippen LogP contribution is 2.18. The molecule has 0 bridgehead atoms. The number of carbonyl (C=O) groups excluding carboxylic acids is 2. The first kappa shape index (κ1) is 38.2. The number of carbonyl (C=O) groups is 2. The van der Waals surface area contributed by atoms with E-state index in [-0.39, 0.29) is 46.8 Å². The van der Waals surface area contributed by atoms with E-state index in [4.69, 9.17) is 10.5 Å². The molecule has 0 fully saturated rings. The number of hydrogen-bond acceptors (Lipinski definition) is 9. The SMILES string of the molecule is COC(=O)C(C)Cc1ccc(-c2cn(C)c(=O)n(C)c2=O)cc1.COC(=O)C(N)Cc1ccc(-c2cn(C)c(=O)n(C)c2=O)cc1.Cl. The summed E-state index contributed by atoms with van der Waals surface area (Å²) in [6.07, 6.45) is 3.97. The maximum absolute atomic E-state index is 12.2. The number of ether oxygens (including phenoxy) is 2. The fourth-order valence-corrected chi connectivity index (χ4v) is 4.78. The highest BCUT2D eigenvalue weighted by atomic mass is 35.5. The third kappa shape index (κ3) is 9.05. The Bertz CT molecular complexity index is 1820. The molecule has 2 aromatic carbocycles. The predicted molar refractivity (Wildman–Crippen MR) is 181 cm³/mol. The minimum absolute atomic E-state index is 0. The molecule has 0 aliphatic rings. The van der Waals surface area contributed by atoms with Crippen LogP contribution in [0.3, 0.4) is 0 Å². The maximum Gasteiger partial charge on any atom is 0.330 e. The molecule has 4 rings (SSSR count). The van der Waals surface area contributed by atoms with Crippen LogP contribution >= 0.6 is 12.4 Å². The van der Waals surface area contributed by atoms with Gasteiger partial charge in [-0.2, -0.15) is 0 Å². The minimum Gasteiger partial charge on any atom is -0.469 e. The molecule has 252 valence electrons. The molecule has 13 nitrogen and oxygen atoms in total. The van der Waals surface area contributed by atoms with Crippen LogP contribution in [0.2, 0.25) is 0 Å². The van der Waals surface area contributed by atoms with E-state index in [0.29, 0.717) is 29.5 Å². The van der Waals surface area contributed by atoms with Crippen molar-refractivity contribution >= 4 is 24.3 Å². The van der Waals surface area contributed by atoms with E-state index in [9.17, 15) is 28.8 Å². The van der Waals surface area contributed by atoms with Gasteiger partial charge >= 0.3 is 23.3 Å². The Kier molecular flexibility index (Phi) is 13.4. The average Bonchev–Trinajstić information content (AvgIpc) is 3.06. The number of nitrogens with zero attached hydrogens (tertiary/aromatic N) is 4. The van der Waals surface area contributed by atoms with E-state index in [0.717, 1.165) is 25.8 Å². The monoisotopic (exact) mass is 669 g/mol. The molecule has 0 amide bonds. The van der Waals surface area contributed by atoms with Crippen molar-refractivity contribution in [1.82, 2.24) is 18.3 Å². The van der Waals surface area contributed by atoms with Crippen molar-refractivity contribution in [3.63, 3.8) is 0 Å². The largest absolute Gasteiger partial charge is 0.469 e. The number of aryl methyl sites for hydroxylation is 2. The van der Waals surface area contributed by atoms with Crippen molar-refractivity contribution < 1.29 is 19.1 Å². The van der Waals surface area contributed by atoms with Gasteiger partial charge in [0.15, 0.2) is 0 Å². The highest BCUT2D eigenvalue weighted by molar-refractivity contribution is 5.85. The zero-order chi connectivity index (χ0) is 34.3. The van der Waals surface area contributed by atoms with Crippen LogP contribution in [-0.2, 0) is 60.1 Å². The third-order valence-corrected chi connectivity index (χ3v) is 7.53. The molecule has 0 aliphatic carbocycles. The van der Waals surface area contributed by atoms with Gasteiger partial charge in [-0.15, -0.1) is 12.4 Å². The van der Waals surface area contributed by atoms with Gasteiger partial charge in [-0.05, 0) is 35.1 Å². The summed E-state index contributed by atoms with van der Waals surface area (Å²) < 4.78 is 14.2. The van der Waals surface area contributed by atoms with Crippen molar-refractivity contribution in [2.75, 3.05) is 14.2 Å². The summed E-state index contributed by atoms with van der Waals surface area (Å²) in [7, 11) is 8.77. The van der Waals surface area contributed by atoms with Crippen molar-refractivity contribution in [3.05, 3.63) is 114 Å². The van der Waals surface area contributed by atoms with Crippen molar-refractivity contribution in [2.45, 2.75) is 25.8 Å². The Hall–Kier alpha value is -5.01. The molecule has 14 heteroatoms. The summed E-state index contributed by atoms with van der Waals surface area (Å²) in [5, 5.41) is 0.